The fraction of sp³-hybridized carbons (Fsp3) is 0.0857. The Balaban J connectivity index is 1.22. The van der Waals surface area contributed by atoms with Gasteiger partial charge in [-0.15, -0.1) is 0 Å². The second-order valence-corrected chi connectivity index (χ2v) is 9.73. The van der Waals surface area contributed by atoms with Gasteiger partial charge in [0, 0.05) is 18.5 Å². The van der Waals surface area contributed by atoms with E-state index in [-0.39, 0.29) is 0 Å². The molecule has 40 heavy (non-hydrogen) atoms. The first kappa shape index (κ1) is 25.1. The van der Waals surface area contributed by atoms with E-state index in [2.05, 4.69) is 59.2 Å². The van der Waals surface area contributed by atoms with Crippen molar-refractivity contribution in [1.29, 1.82) is 0 Å². The number of rotatable bonds is 9. The molecule has 1 heterocycles. The second-order valence-electron chi connectivity index (χ2n) is 9.73. The summed E-state index contributed by atoms with van der Waals surface area (Å²) in [6.45, 7) is 0.738. The summed E-state index contributed by atoms with van der Waals surface area (Å²) < 4.78 is 8.09. The molecule has 0 saturated heterocycles. The standard InChI is InChI=1S/C35H28N2O3/c38-35(39)33(23-25-9-3-1-4-10-25)40-30-21-19-28(20-22-30)27-15-17-29(18-16-27)34-36-31-13-7-8-14-32(31)37(34)24-26-11-5-2-6-12-26/h1-22,33H,23-24H2,(H,38,39)/t33-/m0/s1. The topological polar surface area (TPSA) is 64.3 Å². The first-order valence-corrected chi connectivity index (χ1v) is 13.3. The lowest BCUT2D eigenvalue weighted by atomic mass is 10.0. The maximum Gasteiger partial charge on any atom is 0.345 e. The number of para-hydroxylation sites is 2. The summed E-state index contributed by atoms with van der Waals surface area (Å²) in [5.74, 6) is 0.471. The van der Waals surface area contributed by atoms with Crippen molar-refractivity contribution in [2.24, 2.45) is 0 Å². The molecule has 0 unspecified atom stereocenters. The second kappa shape index (κ2) is 11.3. The highest BCUT2D eigenvalue weighted by molar-refractivity contribution is 5.81. The summed E-state index contributed by atoms with van der Waals surface area (Å²) in [5.41, 5.74) is 7.34. The van der Waals surface area contributed by atoms with Crippen molar-refractivity contribution in [1.82, 2.24) is 9.55 Å². The molecule has 196 valence electrons. The molecule has 0 amide bonds. The van der Waals surface area contributed by atoms with Crippen molar-refractivity contribution in [2.45, 2.75) is 19.1 Å². The number of aliphatic carboxylic acids is 1. The van der Waals surface area contributed by atoms with E-state index in [1.165, 1.54) is 5.56 Å². The third-order valence-electron chi connectivity index (χ3n) is 6.99. The van der Waals surface area contributed by atoms with E-state index >= 15 is 0 Å². The van der Waals surface area contributed by atoms with Gasteiger partial charge in [0.25, 0.3) is 0 Å². The molecule has 0 fully saturated rings. The van der Waals surface area contributed by atoms with Crippen LogP contribution in [0.25, 0.3) is 33.5 Å². The molecular formula is C35H28N2O3. The first-order chi connectivity index (χ1) is 19.6. The van der Waals surface area contributed by atoms with Crippen molar-refractivity contribution >= 4 is 17.0 Å². The smallest absolute Gasteiger partial charge is 0.345 e. The Kier molecular flexibility index (Phi) is 7.10. The van der Waals surface area contributed by atoms with Gasteiger partial charge in [-0.3, -0.25) is 0 Å². The van der Waals surface area contributed by atoms with E-state index in [0.29, 0.717) is 12.2 Å². The Morgan fingerprint density at radius 1 is 0.675 bits per heavy atom. The van der Waals surface area contributed by atoms with Crippen LogP contribution in [0.15, 0.2) is 133 Å². The lowest BCUT2D eigenvalue weighted by molar-refractivity contribution is -0.145. The third kappa shape index (κ3) is 5.49. The number of carbonyl (C=O) groups is 1. The number of benzene rings is 5. The Hall–Kier alpha value is -5.16. The quantitative estimate of drug-likeness (QED) is 0.213. The molecule has 0 spiro atoms. The Morgan fingerprint density at radius 2 is 1.23 bits per heavy atom. The van der Waals surface area contributed by atoms with E-state index in [1.807, 2.05) is 78.9 Å². The number of ether oxygens (including phenoxy) is 1. The number of hydrogen-bond acceptors (Lipinski definition) is 3. The Morgan fingerprint density at radius 3 is 1.88 bits per heavy atom. The van der Waals surface area contributed by atoms with Crippen LogP contribution in [0.1, 0.15) is 11.1 Å². The summed E-state index contributed by atoms with van der Waals surface area (Å²) in [6.07, 6.45) is -0.656. The predicted octanol–water partition coefficient (Wildman–Crippen LogP) is 7.49. The van der Waals surface area contributed by atoms with Gasteiger partial charge in [-0.1, -0.05) is 109 Å². The molecule has 0 saturated carbocycles. The molecule has 0 aliphatic rings. The first-order valence-electron chi connectivity index (χ1n) is 13.3. The molecule has 1 aromatic heterocycles. The van der Waals surface area contributed by atoms with Crippen molar-refractivity contribution in [2.75, 3.05) is 0 Å². The fourth-order valence-corrected chi connectivity index (χ4v) is 4.93. The van der Waals surface area contributed by atoms with E-state index < -0.39 is 12.1 Å². The maximum absolute atomic E-state index is 11.8. The molecule has 6 aromatic rings. The minimum absolute atomic E-state index is 0.300. The lowest BCUT2D eigenvalue weighted by Gasteiger charge is -2.15. The Labute approximate surface area is 233 Å². The van der Waals surface area contributed by atoms with E-state index in [4.69, 9.17) is 9.72 Å². The fourth-order valence-electron chi connectivity index (χ4n) is 4.93. The zero-order valence-corrected chi connectivity index (χ0v) is 21.9. The summed E-state index contributed by atoms with van der Waals surface area (Å²) in [7, 11) is 0. The normalized spacial score (nSPS) is 11.8. The Bertz CT molecular complexity index is 1730. The average Bonchev–Trinajstić information content (AvgIpc) is 3.36. The van der Waals surface area contributed by atoms with Gasteiger partial charge >= 0.3 is 5.97 Å². The maximum atomic E-state index is 11.8. The molecule has 1 N–H and O–H groups in total. The number of hydrogen-bond donors (Lipinski definition) is 1. The van der Waals surface area contributed by atoms with Gasteiger partial charge in [0.1, 0.15) is 11.6 Å². The molecule has 5 aromatic carbocycles. The lowest BCUT2D eigenvalue weighted by Crippen LogP contribution is -2.29. The van der Waals surface area contributed by atoms with Crippen LogP contribution in [-0.4, -0.2) is 26.7 Å². The molecule has 0 radical (unpaired) electrons. The largest absolute Gasteiger partial charge is 0.478 e. The zero-order valence-electron chi connectivity index (χ0n) is 21.9. The van der Waals surface area contributed by atoms with Crippen LogP contribution in [0, 0.1) is 0 Å². The highest BCUT2D eigenvalue weighted by Gasteiger charge is 2.20. The highest BCUT2D eigenvalue weighted by atomic mass is 16.5. The zero-order chi connectivity index (χ0) is 27.3. The number of aromatic nitrogens is 2. The summed E-state index contributed by atoms with van der Waals surface area (Å²) in [4.78, 5) is 16.8. The number of fused-ring (bicyclic) bond motifs is 1. The van der Waals surface area contributed by atoms with E-state index in [0.717, 1.165) is 45.7 Å². The molecule has 0 aliphatic carbocycles. The molecule has 6 rings (SSSR count). The van der Waals surface area contributed by atoms with Gasteiger partial charge in [-0.05, 0) is 46.5 Å². The minimum Gasteiger partial charge on any atom is -0.478 e. The molecule has 0 aliphatic heterocycles. The molecule has 5 nitrogen and oxygen atoms in total. The predicted molar refractivity (Wildman–Crippen MR) is 158 cm³/mol. The van der Waals surface area contributed by atoms with Gasteiger partial charge in [0.05, 0.1) is 11.0 Å². The van der Waals surface area contributed by atoms with Crippen LogP contribution in [-0.2, 0) is 17.8 Å². The van der Waals surface area contributed by atoms with Gasteiger partial charge in [0.15, 0.2) is 6.10 Å². The SMILES string of the molecule is O=C(O)[C@H](Cc1ccccc1)Oc1ccc(-c2ccc(-c3nc4ccccc4n3Cc3ccccc3)cc2)cc1. The number of carboxylic acids is 1. The third-order valence-corrected chi connectivity index (χ3v) is 6.99. The van der Waals surface area contributed by atoms with Crippen molar-refractivity contribution < 1.29 is 14.6 Å². The van der Waals surface area contributed by atoms with Gasteiger partial charge in [-0.2, -0.15) is 0 Å². The van der Waals surface area contributed by atoms with Crippen LogP contribution >= 0.6 is 0 Å². The van der Waals surface area contributed by atoms with E-state index in [1.54, 1.807) is 0 Å². The van der Waals surface area contributed by atoms with Crippen LogP contribution in [0.3, 0.4) is 0 Å². The summed E-state index contributed by atoms with van der Waals surface area (Å²) in [5, 5.41) is 9.66. The monoisotopic (exact) mass is 524 g/mol. The van der Waals surface area contributed by atoms with E-state index in [9.17, 15) is 9.90 Å². The average molecular weight is 525 g/mol. The van der Waals surface area contributed by atoms with Crippen molar-refractivity contribution in [3.8, 4) is 28.3 Å². The molecule has 5 heteroatoms. The minimum atomic E-state index is -0.984. The summed E-state index contributed by atoms with van der Waals surface area (Å²) >= 11 is 0. The van der Waals surface area contributed by atoms with Crippen LogP contribution in [0.5, 0.6) is 5.75 Å². The molecule has 0 bridgehead atoms. The van der Waals surface area contributed by atoms with Gasteiger partial charge in [-0.25, -0.2) is 9.78 Å². The summed E-state index contributed by atoms with van der Waals surface area (Å²) in [6, 6.07) is 44.1. The number of nitrogens with zero attached hydrogens (tertiary/aromatic N) is 2. The number of carboxylic acid groups (broad SMARTS) is 1. The van der Waals surface area contributed by atoms with Crippen LogP contribution in [0.4, 0.5) is 0 Å². The van der Waals surface area contributed by atoms with Crippen molar-refractivity contribution in [3.05, 3.63) is 145 Å². The number of imidazole rings is 1. The van der Waals surface area contributed by atoms with Gasteiger partial charge < -0.3 is 14.4 Å². The highest BCUT2D eigenvalue weighted by Crippen LogP contribution is 2.29. The van der Waals surface area contributed by atoms with Gasteiger partial charge in [0.2, 0.25) is 0 Å². The molecular weight excluding hydrogens is 496 g/mol. The van der Waals surface area contributed by atoms with Crippen LogP contribution < -0.4 is 4.74 Å². The van der Waals surface area contributed by atoms with Crippen LogP contribution in [0.2, 0.25) is 0 Å². The molecule has 1 atom stereocenters. The van der Waals surface area contributed by atoms with Crippen molar-refractivity contribution in [3.63, 3.8) is 0 Å².